The topological polar surface area (TPSA) is 12.4 Å². The lowest BCUT2D eigenvalue weighted by Crippen LogP contribution is -1.51. The molecule has 0 aromatic carbocycles. The van der Waals surface area contributed by atoms with Crippen molar-refractivity contribution in [1.29, 1.82) is 0 Å². The molecule has 0 fully saturated rings. The molecule has 0 aromatic heterocycles. The van der Waals surface area contributed by atoms with E-state index in [0.29, 0.717) is 0 Å². The molecule has 5 heavy (non-hydrogen) atoms. The van der Waals surface area contributed by atoms with Crippen LogP contribution in [0.15, 0.2) is 17.3 Å². The highest BCUT2D eigenvalue weighted by atomic mass is 14.7. The van der Waals surface area contributed by atoms with Gasteiger partial charge in [-0.05, 0) is 0 Å². The molecule has 0 aromatic rings. The van der Waals surface area contributed by atoms with Gasteiger partial charge in [-0.1, -0.05) is 6.08 Å². The Morgan fingerprint density at radius 2 is 2.60 bits per heavy atom. The molecule has 1 aliphatic heterocycles. The van der Waals surface area contributed by atoms with Crippen LogP contribution in [-0.2, 0) is 0 Å². The summed E-state index contributed by atoms with van der Waals surface area (Å²) in [6.07, 6.45) is 6.72. The zero-order valence-corrected chi connectivity index (χ0v) is 2.89. The first-order chi connectivity index (χ1) is 2.50. The average Bonchev–Trinajstić information content (AvgIpc) is 1.76. The smallest absolute Gasteiger partial charge is 0.0227 e. The number of hydrogen-bond acceptors (Lipinski definition) is 1. The van der Waals surface area contributed by atoms with Crippen LogP contribution in [0.1, 0.15) is 6.42 Å². The van der Waals surface area contributed by atoms with Crippen molar-refractivity contribution in [3.05, 3.63) is 12.3 Å². The van der Waals surface area contributed by atoms with Gasteiger partial charge in [0.15, 0.2) is 0 Å². The molecule has 0 N–H and O–H groups in total. The Morgan fingerprint density at radius 1 is 1.60 bits per heavy atom. The van der Waals surface area contributed by atoms with Gasteiger partial charge in [0.25, 0.3) is 0 Å². The van der Waals surface area contributed by atoms with Gasteiger partial charge in [0.2, 0.25) is 0 Å². The second kappa shape index (κ2) is 1.02. The van der Waals surface area contributed by atoms with Crippen LogP contribution < -0.4 is 0 Å². The predicted molar refractivity (Wildman–Crippen MR) is 22.2 cm³/mol. The SMILES string of the molecule is C1=CN=CC1. The van der Waals surface area contributed by atoms with E-state index in [9.17, 15) is 0 Å². The molecule has 0 aliphatic carbocycles. The molecule has 1 heteroatoms. The molecule has 26 valence electrons. The predicted octanol–water partition coefficient (Wildman–Crippen LogP) is 0.975. The van der Waals surface area contributed by atoms with E-state index in [1.54, 1.807) is 6.20 Å². The molecule has 0 radical (unpaired) electrons. The molecular formula is C4H5N. The van der Waals surface area contributed by atoms with E-state index in [0.717, 1.165) is 6.42 Å². The number of nitrogens with zero attached hydrogens (tertiary/aromatic N) is 1. The second-order valence-corrected chi connectivity index (χ2v) is 0.952. The minimum Gasteiger partial charge on any atom is -0.269 e. The lowest BCUT2D eigenvalue weighted by atomic mass is 10.5. The molecular weight excluding hydrogens is 62.1 g/mol. The Bertz CT molecular complexity index is 61.7. The minimum absolute atomic E-state index is 1.03. The third kappa shape index (κ3) is 0.349. The number of hydrogen-bond donors (Lipinski definition) is 0. The lowest BCUT2D eigenvalue weighted by Gasteiger charge is -1.54. The molecule has 0 saturated carbocycles. The first-order valence-electron chi connectivity index (χ1n) is 1.67. The first-order valence-corrected chi connectivity index (χ1v) is 1.67. The van der Waals surface area contributed by atoms with E-state index in [2.05, 4.69) is 4.99 Å². The summed E-state index contributed by atoms with van der Waals surface area (Å²) in [7, 11) is 0. The third-order valence-electron chi connectivity index (χ3n) is 0.538. The fourth-order valence-corrected chi connectivity index (χ4v) is 0.304. The Morgan fingerprint density at radius 3 is 2.80 bits per heavy atom. The molecule has 0 atom stereocenters. The molecule has 1 aliphatic rings. The van der Waals surface area contributed by atoms with Gasteiger partial charge < -0.3 is 0 Å². The van der Waals surface area contributed by atoms with Crippen molar-refractivity contribution in [3.63, 3.8) is 0 Å². The third-order valence-corrected chi connectivity index (χ3v) is 0.538. The van der Waals surface area contributed by atoms with Gasteiger partial charge >= 0.3 is 0 Å². The van der Waals surface area contributed by atoms with Crippen LogP contribution in [0, 0.1) is 0 Å². The molecule has 0 spiro atoms. The first kappa shape index (κ1) is 2.64. The average molecular weight is 67.1 g/mol. The van der Waals surface area contributed by atoms with E-state index in [-0.39, 0.29) is 0 Å². The Labute approximate surface area is 31.0 Å². The van der Waals surface area contributed by atoms with Crippen LogP contribution in [-0.4, -0.2) is 6.21 Å². The van der Waals surface area contributed by atoms with Gasteiger partial charge in [0.05, 0.1) is 0 Å². The Hall–Kier alpha value is -0.590. The number of allylic oxidation sites excluding steroid dienone is 1. The van der Waals surface area contributed by atoms with Crippen LogP contribution in [0.2, 0.25) is 0 Å². The van der Waals surface area contributed by atoms with Crippen molar-refractivity contribution in [3.8, 4) is 0 Å². The molecule has 1 rings (SSSR count). The summed E-state index contributed by atoms with van der Waals surface area (Å²) in [5.41, 5.74) is 0. The van der Waals surface area contributed by atoms with Crippen molar-refractivity contribution < 1.29 is 0 Å². The summed E-state index contributed by atoms with van der Waals surface area (Å²) < 4.78 is 0. The summed E-state index contributed by atoms with van der Waals surface area (Å²) in [5.74, 6) is 0. The number of rotatable bonds is 0. The maximum atomic E-state index is 3.78. The monoisotopic (exact) mass is 67.0 g/mol. The van der Waals surface area contributed by atoms with Crippen molar-refractivity contribution >= 4 is 6.21 Å². The summed E-state index contributed by atoms with van der Waals surface area (Å²) in [6.45, 7) is 0. The van der Waals surface area contributed by atoms with E-state index >= 15 is 0 Å². The van der Waals surface area contributed by atoms with Crippen molar-refractivity contribution in [2.45, 2.75) is 6.42 Å². The van der Waals surface area contributed by atoms with Crippen LogP contribution >= 0.6 is 0 Å². The van der Waals surface area contributed by atoms with Crippen molar-refractivity contribution in [2.24, 2.45) is 4.99 Å². The Kier molecular flexibility index (Phi) is 0.537. The standard InChI is InChI=1S/C4H5N/c1-2-4-5-3-1/h1,3-4H,2H2. The highest BCUT2D eigenvalue weighted by molar-refractivity contribution is 5.62. The summed E-state index contributed by atoms with van der Waals surface area (Å²) in [5, 5.41) is 0. The molecule has 1 nitrogen and oxygen atoms in total. The van der Waals surface area contributed by atoms with Gasteiger partial charge in [0, 0.05) is 18.8 Å². The second-order valence-electron chi connectivity index (χ2n) is 0.952. The number of aliphatic imine (C=N–C) groups is 1. The maximum Gasteiger partial charge on any atom is 0.0227 e. The van der Waals surface area contributed by atoms with Crippen LogP contribution in [0.4, 0.5) is 0 Å². The van der Waals surface area contributed by atoms with Crippen molar-refractivity contribution in [1.82, 2.24) is 0 Å². The molecule has 0 saturated heterocycles. The van der Waals surface area contributed by atoms with Gasteiger partial charge in [-0.25, -0.2) is 0 Å². The van der Waals surface area contributed by atoms with Crippen LogP contribution in [0.25, 0.3) is 0 Å². The highest BCUT2D eigenvalue weighted by Crippen LogP contribution is 1.86. The summed E-state index contributed by atoms with van der Waals surface area (Å²) in [6, 6.07) is 0. The fraction of sp³-hybridized carbons (Fsp3) is 0.250. The summed E-state index contributed by atoms with van der Waals surface area (Å²) in [4.78, 5) is 3.78. The molecule has 0 unspecified atom stereocenters. The molecule has 0 amide bonds. The van der Waals surface area contributed by atoms with E-state index in [4.69, 9.17) is 0 Å². The zero-order chi connectivity index (χ0) is 3.54. The largest absolute Gasteiger partial charge is 0.269 e. The van der Waals surface area contributed by atoms with Crippen LogP contribution in [0.3, 0.4) is 0 Å². The normalized spacial score (nSPS) is 17.6. The summed E-state index contributed by atoms with van der Waals surface area (Å²) >= 11 is 0. The van der Waals surface area contributed by atoms with Gasteiger partial charge in [0.1, 0.15) is 0 Å². The van der Waals surface area contributed by atoms with E-state index in [1.165, 1.54) is 0 Å². The van der Waals surface area contributed by atoms with E-state index in [1.807, 2.05) is 12.3 Å². The molecule has 1 heterocycles. The fourth-order valence-electron chi connectivity index (χ4n) is 0.304. The highest BCUT2D eigenvalue weighted by Gasteiger charge is 1.73. The quantitative estimate of drug-likeness (QED) is 0.400. The zero-order valence-electron chi connectivity index (χ0n) is 2.89. The van der Waals surface area contributed by atoms with Crippen LogP contribution in [0.5, 0.6) is 0 Å². The van der Waals surface area contributed by atoms with Gasteiger partial charge in [-0.2, -0.15) is 0 Å². The van der Waals surface area contributed by atoms with Crippen molar-refractivity contribution in [2.75, 3.05) is 0 Å². The molecule has 0 bridgehead atoms. The minimum atomic E-state index is 1.03. The lowest BCUT2D eigenvalue weighted by molar-refractivity contribution is 1.60. The Balaban J connectivity index is 2.61. The van der Waals surface area contributed by atoms with E-state index < -0.39 is 0 Å². The maximum absolute atomic E-state index is 3.78. The van der Waals surface area contributed by atoms with Gasteiger partial charge in [-0.3, -0.25) is 4.99 Å². The van der Waals surface area contributed by atoms with Gasteiger partial charge in [-0.15, -0.1) is 0 Å².